The van der Waals surface area contributed by atoms with E-state index in [4.69, 9.17) is 0 Å². The van der Waals surface area contributed by atoms with Gasteiger partial charge in [-0.1, -0.05) is 13.8 Å². The first-order valence-corrected chi connectivity index (χ1v) is 6.38. The Bertz CT molecular complexity index is 509. The second kappa shape index (κ2) is 4.15. The molecule has 0 amide bonds. The van der Waals surface area contributed by atoms with Gasteiger partial charge in [-0.05, 0) is 23.6 Å². The summed E-state index contributed by atoms with van der Waals surface area (Å²) in [6.07, 6.45) is 3.98. The molecule has 3 nitrogen and oxygen atoms in total. The van der Waals surface area contributed by atoms with Crippen LogP contribution in [0.2, 0.25) is 0 Å². The predicted molar refractivity (Wildman–Crippen MR) is 70.1 cm³/mol. The van der Waals surface area contributed by atoms with Gasteiger partial charge in [-0.3, -0.25) is 0 Å². The third-order valence-corrected chi connectivity index (χ3v) is 3.47. The highest BCUT2D eigenvalue weighted by atomic mass is 15.2. The fraction of sp³-hybridized carbons (Fsp3) is 0.500. The van der Waals surface area contributed by atoms with Crippen LogP contribution >= 0.6 is 0 Å². The normalized spacial score (nSPS) is 17.8. The van der Waals surface area contributed by atoms with E-state index in [0.717, 1.165) is 11.6 Å². The summed E-state index contributed by atoms with van der Waals surface area (Å²) in [6, 6.07) is 4.37. The number of nitrogens with one attached hydrogen (secondary N) is 1. The SMILES string of the molecule is CC(C)CN1CC(c2cnc3[nH]ccc3c2)C1. The van der Waals surface area contributed by atoms with Crippen molar-refractivity contribution in [1.29, 1.82) is 0 Å². The van der Waals surface area contributed by atoms with E-state index >= 15 is 0 Å². The number of fused-ring (bicyclic) bond motifs is 1. The molecular weight excluding hydrogens is 210 g/mol. The number of pyridine rings is 1. The molecule has 1 N–H and O–H groups in total. The molecule has 0 saturated carbocycles. The molecule has 1 aliphatic rings. The summed E-state index contributed by atoms with van der Waals surface area (Å²) in [7, 11) is 0. The molecule has 2 aromatic heterocycles. The van der Waals surface area contributed by atoms with Crippen LogP contribution in [0.4, 0.5) is 0 Å². The lowest BCUT2D eigenvalue weighted by atomic mass is 9.91. The molecule has 3 heteroatoms. The molecule has 0 unspecified atom stereocenters. The smallest absolute Gasteiger partial charge is 0.137 e. The number of likely N-dealkylation sites (tertiary alicyclic amines) is 1. The quantitative estimate of drug-likeness (QED) is 0.877. The van der Waals surface area contributed by atoms with Crippen molar-refractivity contribution >= 4 is 11.0 Å². The zero-order chi connectivity index (χ0) is 11.8. The van der Waals surface area contributed by atoms with E-state index in [1.807, 2.05) is 12.4 Å². The lowest BCUT2D eigenvalue weighted by Crippen LogP contribution is -2.46. The van der Waals surface area contributed by atoms with Crippen molar-refractivity contribution < 1.29 is 0 Å². The van der Waals surface area contributed by atoms with Crippen molar-refractivity contribution in [2.45, 2.75) is 19.8 Å². The van der Waals surface area contributed by atoms with Gasteiger partial charge in [0.15, 0.2) is 0 Å². The van der Waals surface area contributed by atoms with Gasteiger partial charge in [0.25, 0.3) is 0 Å². The Morgan fingerprint density at radius 3 is 3.06 bits per heavy atom. The number of aromatic nitrogens is 2. The van der Waals surface area contributed by atoms with E-state index in [2.05, 4.69) is 40.8 Å². The number of hydrogen-bond acceptors (Lipinski definition) is 2. The highest BCUT2D eigenvalue weighted by Crippen LogP contribution is 2.28. The van der Waals surface area contributed by atoms with Crippen LogP contribution < -0.4 is 0 Å². The zero-order valence-electron chi connectivity index (χ0n) is 10.5. The molecule has 0 radical (unpaired) electrons. The lowest BCUT2D eigenvalue weighted by molar-refractivity contribution is 0.131. The van der Waals surface area contributed by atoms with Crippen LogP contribution in [0.5, 0.6) is 0 Å². The van der Waals surface area contributed by atoms with Gasteiger partial charge in [0, 0.05) is 43.3 Å². The van der Waals surface area contributed by atoms with Crippen molar-refractivity contribution in [3.63, 3.8) is 0 Å². The van der Waals surface area contributed by atoms with Crippen LogP contribution in [0.3, 0.4) is 0 Å². The standard InChI is InChI=1S/C14H19N3/c1-10(2)7-17-8-13(9-17)12-5-11-3-4-15-14(11)16-6-12/h3-6,10,13H,7-9H2,1-2H3,(H,15,16). The summed E-state index contributed by atoms with van der Waals surface area (Å²) in [6.45, 7) is 8.16. The van der Waals surface area contributed by atoms with E-state index in [1.165, 1.54) is 30.6 Å². The van der Waals surface area contributed by atoms with E-state index in [1.54, 1.807) is 0 Å². The second-order valence-corrected chi connectivity index (χ2v) is 5.49. The van der Waals surface area contributed by atoms with Crippen molar-refractivity contribution in [2.24, 2.45) is 5.92 Å². The summed E-state index contributed by atoms with van der Waals surface area (Å²) < 4.78 is 0. The van der Waals surface area contributed by atoms with Crippen molar-refractivity contribution in [2.75, 3.05) is 19.6 Å². The highest BCUT2D eigenvalue weighted by molar-refractivity contribution is 5.75. The highest BCUT2D eigenvalue weighted by Gasteiger charge is 2.28. The summed E-state index contributed by atoms with van der Waals surface area (Å²) in [5.41, 5.74) is 2.38. The van der Waals surface area contributed by atoms with Gasteiger partial charge >= 0.3 is 0 Å². The Labute approximate surface area is 102 Å². The third kappa shape index (κ3) is 2.07. The molecular formula is C14H19N3. The number of nitrogens with zero attached hydrogens (tertiary/aromatic N) is 2. The Morgan fingerprint density at radius 2 is 2.29 bits per heavy atom. The molecule has 3 heterocycles. The van der Waals surface area contributed by atoms with Gasteiger partial charge in [0.2, 0.25) is 0 Å². The molecule has 0 aliphatic carbocycles. The maximum atomic E-state index is 4.46. The number of H-pyrrole nitrogens is 1. The maximum Gasteiger partial charge on any atom is 0.137 e. The van der Waals surface area contributed by atoms with E-state index in [9.17, 15) is 0 Å². The van der Waals surface area contributed by atoms with Crippen LogP contribution in [0, 0.1) is 5.92 Å². The first kappa shape index (κ1) is 10.8. The van der Waals surface area contributed by atoms with Gasteiger partial charge in [-0.2, -0.15) is 0 Å². The summed E-state index contributed by atoms with van der Waals surface area (Å²) in [5.74, 6) is 1.45. The lowest BCUT2D eigenvalue weighted by Gasteiger charge is -2.40. The topological polar surface area (TPSA) is 31.9 Å². The van der Waals surface area contributed by atoms with Gasteiger partial charge in [0.1, 0.15) is 5.65 Å². The van der Waals surface area contributed by atoms with E-state index in [-0.39, 0.29) is 0 Å². The number of rotatable bonds is 3. The first-order chi connectivity index (χ1) is 8.22. The van der Waals surface area contributed by atoms with Gasteiger partial charge in [-0.15, -0.1) is 0 Å². The van der Waals surface area contributed by atoms with Crippen molar-refractivity contribution in [1.82, 2.24) is 14.9 Å². The average molecular weight is 229 g/mol. The Kier molecular flexibility index (Phi) is 2.63. The summed E-state index contributed by atoms with van der Waals surface area (Å²) in [4.78, 5) is 10.1. The fourth-order valence-corrected chi connectivity index (χ4v) is 2.63. The number of hydrogen-bond donors (Lipinski definition) is 1. The Hall–Kier alpha value is -1.35. The molecule has 1 aliphatic heterocycles. The minimum atomic E-state index is 0.681. The Morgan fingerprint density at radius 1 is 1.47 bits per heavy atom. The molecule has 0 bridgehead atoms. The minimum Gasteiger partial charge on any atom is -0.346 e. The van der Waals surface area contributed by atoms with Crippen molar-refractivity contribution in [3.8, 4) is 0 Å². The molecule has 1 saturated heterocycles. The van der Waals surface area contributed by atoms with Crippen LogP contribution in [-0.4, -0.2) is 34.5 Å². The molecule has 0 spiro atoms. The summed E-state index contributed by atoms with van der Waals surface area (Å²) in [5, 5.41) is 1.23. The van der Waals surface area contributed by atoms with E-state index < -0.39 is 0 Å². The van der Waals surface area contributed by atoms with Gasteiger partial charge in [-0.25, -0.2) is 4.98 Å². The van der Waals surface area contributed by atoms with Crippen LogP contribution in [0.25, 0.3) is 11.0 Å². The van der Waals surface area contributed by atoms with Gasteiger partial charge < -0.3 is 9.88 Å². The maximum absolute atomic E-state index is 4.46. The largest absolute Gasteiger partial charge is 0.346 e. The van der Waals surface area contributed by atoms with Crippen molar-refractivity contribution in [3.05, 3.63) is 30.1 Å². The molecule has 90 valence electrons. The van der Waals surface area contributed by atoms with E-state index in [0.29, 0.717) is 5.92 Å². The molecule has 17 heavy (non-hydrogen) atoms. The summed E-state index contributed by atoms with van der Waals surface area (Å²) >= 11 is 0. The molecule has 1 fully saturated rings. The predicted octanol–water partition coefficient (Wildman–Crippen LogP) is 2.62. The molecule has 2 aromatic rings. The van der Waals surface area contributed by atoms with Crippen LogP contribution in [-0.2, 0) is 0 Å². The molecule has 0 aromatic carbocycles. The van der Waals surface area contributed by atoms with Crippen LogP contribution in [0.1, 0.15) is 25.3 Å². The average Bonchev–Trinajstić information content (AvgIpc) is 2.69. The monoisotopic (exact) mass is 229 g/mol. The minimum absolute atomic E-state index is 0.681. The molecule has 0 atom stereocenters. The third-order valence-electron chi connectivity index (χ3n) is 3.47. The second-order valence-electron chi connectivity index (χ2n) is 5.49. The number of aromatic amines is 1. The van der Waals surface area contributed by atoms with Gasteiger partial charge in [0.05, 0.1) is 0 Å². The molecule has 3 rings (SSSR count). The zero-order valence-corrected chi connectivity index (χ0v) is 10.5. The first-order valence-electron chi connectivity index (χ1n) is 6.38. The van der Waals surface area contributed by atoms with Crippen LogP contribution in [0.15, 0.2) is 24.5 Å². The fourth-order valence-electron chi connectivity index (χ4n) is 2.63. The Balaban J connectivity index is 1.69.